The SMILES string of the molecule is COC1CCC(C2CCC(CO)C(F)C2F)CC1F. The zero-order valence-corrected chi connectivity index (χ0v) is 11.3. The molecule has 0 saturated heterocycles. The molecule has 0 aliphatic heterocycles. The molecule has 7 atom stereocenters. The van der Waals surface area contributed by atoms with Gasteiger partial charge < -0.3 is 9.84 Å². The summed E-state index contributed by atoms with van der Waals surface area (Å²) in [4.78, 5) is 0. The summed E-state index contributed by atoms with van der Waals surface area (Å²) < 4.78 is 46.8. The van der Waals surface area contributed by atoms with Crippen LogP contribution >= 0.6 is 0 Å². The Bertz CT molecular complexity index is 290. The van der Waals surface area contributed by atoms with E-state index in [-0.39, 0.29) is 18.9 Å². The summed E-state index contributed by atoms with van der Waals surface area (Å²) in [5.74, 6) is -1.11. The predicted molar refractivity (Wildman–Crippen MR) is 66.1 cm³/mol. The molecule has 1 N–H and O–H groups in total. The Morgan fingerprint density at radius 2 is 1.79 bits per heavy atom. The highest BCUT2D eigenvalue weighted by Gasteiger charge is 2.45. The standard InChI is InChI=1S/C14H23F3O2/c1-19-12-5-3-8(6-11(12)15)10-4-2-9(7-18)13(16)14(10)17/h8-14,18H,2-7H2,1H3. The molecular formula is C14H23F3O2. The zero-order chi connectivity index (χ0) is 14.0. The second-order valence-electron chi connectivity index (χ2n) is 5.94. The lowest BCUT2D eigenvalue weighted by Gasteiger charge is -2.41. The van der Waals surface area contributed by atoms with Gasteiger partial charge in [-0.25, -0.2) is 13.2 Å². The number of alkyl halides is 3. The molecule has 0 heterocycles. The van der Waals surface area contributed by atoms with Crippen molar-refractivity contribution in [2.24, 2.45) is 17.8 Å². The number of aliphatic hydroxyl groups is 1. The van der Waals surface area contributed by atoms with E-state index in [1.165, 1.54) is 7.11 Å². The fraction of sp³-hybridized carbons (Fsp3) is 1.00. The van der Waals surface area contributed by atoms with Crippen molar-refractivity contribution in [1.82, 2.24) is 0 Å². The third-order valence-electron chi connectivity index (χ3n) is 4.93. The van der Waals surface area contributed by atoms with Crippen LogP contribution in [0.4, 0.5) is 13.2 Å². The first-order chi connectivity index (χ1) is 9.08. The van der Waals surface area contributed by atoms with Crippen LogP contribution in [-0.2, 0) is 4.74 Å². The highest BCUT2D eigenvalue weighted by Crippen LogP contribution is 2.43. The average Bonchev–Trinajstić information content (AvgIpc) is 2.41. The van der Waals surface area contributed by atoms with Crippen LogP contribution < -0.4 is 0 Å². The molecule has 2 fully saturated rings. The Morgan fingerprint density at radius 1 is 1.05 bits per heavy atom. The van der Waals surface area contributed by atoms with Crippen LogP contribution in [0.3, 0.4) is 0 Å². The number of aliphatic hydroxyl groups excluding tert-OH is 1. The van der Waals surface area contributed by atoms with E-state index in [4.69, 9.17) is 9.84 Å². The smallest absolute Gasteiger partial charge is 0.136 e. The fourth-order valence-corrected chi connectivity index (χ4v) is 3.68. The molecule has 0 aromatic rings. The molecular weight excluding hydrogens is 257 g/mol. The first kappa shape index (κ1) is 15.1. The van der Waals surface area contributed by atoms with E-state index < -0.39 is 36.5 Å². The van der Waals surface area contributed by atoms with E-state index in [2.05, 4.69) is 0 Å². The minimum absolute atomic E-state index is 0.103. The molecule has 7 unspecified atom stereocenters. The topological polar surface area (TPSA) is 29.5 Å². The van der Waals surface area contributed by atoms with Gasteiger partial charge in [-0.2, -0.15) is 0 Å². The van der Waals surface area contributed by atoms with Crippen LogP contribution in [0.5, 0.6) is 0 Å². The molecule has 2 aliphatic rings. The molecule has 19 heavy (non-hydrogen) atoms. The number of rotatable bonds is 3. The summed E-state index contributed by atoms with van der Waals surface area (Å²) in [6.07, 6.45) is -2.09. The van der Waals surface area contributed by atoms with Crippen LogP contribution in [-0.4, -0.2) is 43.4 Å². The maximum atomic E-state index is 14.1. The molecule has 2 rings (SSSR count). The summed E-state index contributed by atoms with van der Waals surface area (Å²) in [5, 5.41) is 9.00. The van der Waals surface area contributed by atoms with Gasteiger partial charge in [0.25, 0.3) is 0 Å². The van der Waals surface area contributed by atoms with E-state index in [9.17, 15) is 13.2 Å². The van der Waals surface area contributed by atoms with E-state index >= 15 is 0 Å². The van der Waals surface area contributed by atoms with Crippen molar-refractivity contribution in [2.45, 2.75) is 56.7 Å². The monoisotopic (exact) mass is 280 g/mol. The second-order valence-corrected chi connectivity index (χ2v) is 5.94. The third kappa shape index (κ3) is 3.07. The van der Waals surface area contributed by atoms with E-state index in [1.807, 2.05) is 0 Å². The van der Waals surface area contributed by atoms with Crippen molar-refractivity contribution < 1.29 is 23.0 Å². The molecule has 0 aromatic carbocycles. The van der Waals surface area contributed by atoms with Crippen molar-refractivity contribution in [3.05, 3.63) is 0 Å². The maximum absolute atomic E-state index is 14.1. The molecule has 0 spiro atoms. The van der Waals surface area contributed by atoms with Crippen LogP contribution in [0.1, 0.15) is 32.1 Å². The lowest BCUT2D eigenvalue weighted by atomic mass is 9.68. The Balaban J connectivity index is 1.96. The number of methoxy groups -OCH3 is 1. The van der Waals surface area contributed by atoms with E-state index in [1.54, 1.807) is 0 Å². The average molecular weight is 280 g/mol. The van der Waals surface area contributed by atoms with Gasteiger partial charge in [-0.05, 0) is 43.9 Å². The van der Waals surface area contributed by atoms with Crippen molar-refractivity contribution in [2.75, 3.05) is 13.7 Å². The van der Waals surface area contributed by atoms with Gasteiger partial charge in [0, 0.05) is 19.6 Å². The van der Waals surface area contributed by atoms with Gasteiger partial charge in [-0.3, -0.25) is 0 Å². The normalized spacial score (nSPS) is 48.2. The summed E-state index contributed by atoms with van der Waals surface area (Å²) in [7, 11) is 1.49. The zero-order valence-electron chi connectivity index (χ0n) is 11.3. The van der Waals surface area contributed by atoms with Gasteiger partial charge in [0.1, 0.15) is 18.5 Å². The van der Waals surface area contributed by atoms with Crippen LogP contribution in [0.2, 0.25) is 0 Å². The predicted octanol–water partition coefficient (Wildman–Crippen LogP) is 2.83. The molecule has 0 radical (unpaired) electrons. The molecule has 2 nitrogen and oxygen atoms in total. The molecule has 2 saturated carbocycles. The van der Waals surface area contributed by atoms with E-state index in [0.29, 0.717) is 25.7 Å². The Hall–Kier alpha value is -0.290. The van der Waals surface area contributed by atoms with Crippen molar-refractivity contribution in [3.63, 3.8) is 0 Å². The molecule has 112 valence electrons. The van der Waals surface area contributed by atoms with Gasteiger partial charge in [-0.15, -0.1) is 0 Å². The molecule has 0 amide bonds. The van der Waals surface area contributed by atoms with Gasteiger partial charge in [0.05, 0.1) is 6.10 Å². The minimum Gasteiger partial charge on any atom is -0.396 e. The largest absolute Gasteiger partial charge is 0.396 e. The summed E-state index contributed by atoms with van der Waals surface area (Å²) >= 11 is 0. The van der Waals surface area contributed by atoms with Crippen LogP contribution in [0, 0.1) is 17.8 Å². The van der Waals surface area contributed by atoms with Gasteiger partial charge in [-0.1, -0.05) is 0 Å². The molecule has 5 heteroatoms. The number of halogens is 3. The van der Waals surface area contributed by atoms with Gasteiger partial charge >= 0.3 is 0 Å². The summed E-state index contributed by atoms with van der Waals surface area (Å²) in [6.45, 7) is -0.309. The Labute approximate surface area is 112 Å². The third-order valence-corrected chi connectivity index (χ3v) is 4.93. The van der Waals surface area contributed by atoms with Crippen molar-refractivity contribution in [3.8, 4) is 0 Å². The first-order valence-electron chi connectivity index (χ1n) is 7.14. The van der Waals surface area contributed by atoms with E-state index in [0.717, 1.165) is 0 Å². The molecule has 2 aliphatic carbocycles. The van der Waals surface area contributed by atoms with Gasteiger partial charge in [0.15, 0.2) is 0 Å². The van der Waals surface area contributed by atoms with Crippen LogP contribution in [0.25, 0.3) is 0 Å². The Kier molecular flexibility index (Phi) is 5.12. The fourth-order valence-electron chi connectivity index (χ4n) is 3.68. The minimum atomic E-state index is -1.61. The van der Waals surface area contributed by atoms with Crippen molar-refractivity contribution >= 4 is 0 Å². The quantitative estimate of drug-likeness (QED) is 0.861. The molecule has 0 bridgehead atoms. The lowest BCUT2D eigenvalue weighted by molar-refractivity contribution is -0.0578. The molecule has 0 aromatic heterocycles. The van der Waals surface area contributed by atoms with Crippen LogP contribution in [0.15, 0.2) is 0 Å². The highest BCUT2D eigenvalue weighted by molar-refractivity contribution is 4.94. The summed E-state index contributed by atoms with van der Waals surface area (Å²) in [6, 6.07) is 0. The van der Waals surface area contributed by atoms with Gasteiger partial charge in [0.2, 0.25) is 0 Å². The Morgan fingerprint density at radius 3 is 2.37 bits per heavy atom. The first-order valence-corrected chi connectivity index (χ1v) is 7.14. The summed E-state index contributed by atoms with van der Waals surface area (Å²) in [5.41, 5.74) is 0. The second kappa shape index (κ2) is 6.44. The number of hydrogen-bond donors (Lipinski definition) is 1. The number of ether oxygens (including phenoxy) is 1. The highest BCUT2D eigenvalue weighted by atomic mass is 19.2. The van der Waals surface area contributed by atoms with Crippen molar-refractivity contribution in [1.29, 1.82) is 0 Å². The maximum Gasteiger partial charge on any atom is 0.136 e. The number of hydrogen-bond acceptors (Lipinski definition) is 2. The lowest BCUT2D eigenvalue weighted by Crippen LogP contribution is -2.45.